The van der Waals surface area contributed by atoms with Crippen LogP contribution in [0.1, 0.15) is 17.4 Å². The predicted molar refractivity (Wildman–Crippen MR) is 87.0 cm³/mol. The summed E-state index contributed by atoms with van der Waals surface area (Å²) in [6.45, 7) is 0.449. The van der Waals surface area contributed by atoms with Gasteiger partial charge in [-0.2, -0.15) is 13.2 Å². The van der Waals surface area contributed by atoms with E-state index in [-0.39, 0.29) is 29.7 Å². The Labute approximate surface area is 151 Å². The molecule has 0 radical (unpaired) electrons. The number of imidazole rings is 1. The average molecular weight is 381 g/mol. The van der Waals surface area contributed by atoms with E-state index < -0.39 is 18.8 Å². The fourth-order valence-electron chi connectivity index (χ4n) is 2.17. The third kappa shape index (κ3) is 4.66. The molecule has 0 unspecified atom stereocenters. The van der Waals surface area contributed by atoms with Gasteiger partial charge in [0, 0.05) is 12.4 Å². The number of aromatic nitrogens is 3. The molecule has 0 aliphatic heterocycles. The number of hydrogen-bond donors (Lipinski definition) is 0. The number of pyridine rings is 2. The second-order valence-electron chi connectivity index (χ2n) is 5.29. The summed E-state index contributed by atoms with van der Waals surface area (Å²) in [5.41, 5.74) is 0.598. The maximum absolute atomic E-state index is 12.4. The summed E-state index contributed by atoms with van der Waals surface area (Å²) in [5.74, 6) is -0.554. The van der Waals surface area contributed by atoms with Gasteiger partial charge in [-0.15, -0.1) is 0 Å². The summed E-state index contributed by atoms with van der Waals surface area (Å²) in [6, 6.07) is 5.88. The van der Waals surface area contributed by atoms with E-state index in [2.05, 4.69) is 9.97 Å². The van der Waals surface area contributed by atoms with Gasteiger partial charge in [-0.1, -0.05) is 0 Å². The van der Waals surface area contributed by atoms with Crippen molar-refractivity contribution in [1.29, 1.82) is 0 Å². The van der Waals surface area contributed by atoms with Crippen LogP contribution < -0.4 is 9.47 Å². The second-order valence-corrected chi connectivity index (χ2v) is 5.29. The van der Waals surface area contributed by atoms with Crippen LogP contribution in [0.2, 0.25) is 0 Å². The molecule has 0 aromatic carbocycles. The quantitative estimate of drug-likeness (QED) is 0.607. The molecular formula is C17H14F3N3O4. The van der Waals surface area contributed by atoms with E-state index >= 15 is 0 Å². The summed E-state index contributed by atoms with van der Waals surface area (Å²) in [7, 11) is 0. The highest BCUT2D eigenvalue weighted by molar-refractivity contribution is 5.87. The van der Waals surface area contributed by atoms with Crippen molar-refractivity contribution >= 4 is 11.6 Å². The molecule has 10 heteroatoms. The molecule has 3 aromatic rings. The van der Waals surface area contributed by atoms with Crippen LogP contribution in [0.5, 0.6) is 17.4 Å². The van der Waals surface area contributed by atoms with Crippen molar-refractivity contribution in [2.45, 2.75) is 13.1 Å². The van der Waals surface area contributed by atoms with Crippen molar-refractivity contribution in [2.75, 3.05) is 13.2 Å². The smallest absolute Gasteiger partial charge is 0.422 e. The van der Waals surface area contributed by atoms with Crippen LogP contribution in [0.15, 0.2) is 42.9 Å². The van der Waals surface area contributed by atoms with Crippen LogP contribution in [0.25, 0.3) is 5.65 Å². The molecule has 0 saturated heterocycles. The van der Waals surface area contributed by atoms with Crippen molar-refractivity contribution in [2.24, 2.45) is 0 Å². The third-order valence-electron chi connectivity index (χ3n) is 3.25. The monoisotopic (exact) mass is 381 g/mol. The zero-order valence-corrected chi connectivity index (χ0v) is 14.1. The second kappa shape index (κ2) is 7.52. The molecule has 0 aliphatic carbocycles. The molecular weight excluding hydrogens is 367 g/mol. The third-order valence-corrected chi connectivity index (χ3v) is 3.25. The van der Waals surface area contributed by atoms with E-state index in [1.807, 2.05) is 0 Å². The van der Waals surface area contributed by atoms with Gasteiger partial charge in [-0.25, -0.2) is 14.8 Å². The summed E-state index contributed by atoms with van der Waals surface area (Å²) in [4.78, 5) is 19.8. The zero-order chi connectivity index (χ0) is 19.4. The number of carbonyl (C=O) groups excluding carboxylic acids is 1. The minimum absolute atomic E-state index is 0.119. The van der Waals surface area contributed by atoms with Crippen LogP contribution >= 0.6 is 0 Å². The van der Waals surface area contributed by atoms with Crippen LogP contribution in [0.3, 0.4) is 0 Å². The van der Waals surface area contributed by atoms with Gasteiger partial charge in [0.15, 0.2) is 18.1 Å². The molecule has 0 amide bonds. The number of rotatable bonds is 6. The molecule has 3 heterocycles. The van der Waals surface area contributed by atoms with Gasteiger partial charge in [-0.3, -0.25) is 0 Å². The minimum atomic E-state index is -4.48. The molecule has 0 atom stereocenters. The van der Waals surface area contributed by atoms with Gasteiger partial charge in [0.25, 0.3) is 5.88 Å². The molecule has 0 saturated carbocycles. The van der Waals surface area contributed by atoms with Gasteiger partial charge in [0.1, 0.15) is 11.4 Å². The number of alkyl halides is 3. The molecule has 27 heavy (non-hydrogen) atoms. The molecule has 7 nitrogen and oxygen atoms in total. The van der Waals surface area contributed by atoms with E-state index in [0.29, 0.717) is 5.65 Å². The van der Waals surface area contributed by atoms with Crippen LogP contribution in [0, 0.1) is 0 Å². The van der Waals surface area contributed by atoms with Gasteiger partial charge in [0.05, 0.1) is 12.8 Å². The summed E-state index contributed by atoms with van der Waals surface area (Å²) in [5, 5.41) is 0. The Morgan fingerprint density at radius 2 is 2.04 bits per heavy atom. The first-order valence-electron chi connectivity index (χ1n) is 7.84. The Hall–Kier alpha value is -3.30. The predicted octanol–water partition coefficient (Wildman–Crippen LogP) is 3.64. The first-order chi connectivity index (χ1) is 12.9. The molecule has 0 N–H and O–H groups in total. The number of nitrogens with zero attached hydrogens (tertiary/aromatic N) is 3. The van der Waals surface area contributed by atoms with Crippen molar-refractivity contribution < 1.29 is 32.2 Å². The molecule has 0 fully saturated rings. The summed E-state index contributed by atoms with van der Waals surface area (Å²) in [6.07, 6.45) is -0.149. The zero-order valence-electron chi connectivity index (χ0n) is 14.1. The molecule has 0 aliphatic rings. The average Bonchev–Trinajstić information content (AvgIpc) is 3.04. The van der Waals surface area contributed by atoms with Crippen molar-refractivity contribution in [3.05, 3.63) is 48.5 Å². The highest BCUT2D eigenvalue weighted by Crippen LogP contribution is 2.30. The largest absolute Gasteiger partial charge is 0.478 e. The summed E-state index contributed by atoms with van der Waals surface area (Å²) < 4.78 is 53.8. The lowest BCUT2D eigenvalue weighted by Crippen LogP contribution is -2.19. The number of hydrogen-bond acceptors (Lipinski definition) is 6. The number of carbonyl (C=O) groups is 1. The molecule has 3 aromatic heterocycles. The van der Waals surface area contributed by atoms with Crippen molar-refractivity contribution in [3.8, 4) is 17.4 Å². The highest BCUT2D eigenvalue weighted by Gasteiger charge is 2.29. The van der Waals surface area contributed by atoms with Gasteiger partial charge in [0.2, 0.25) is 0 Å². The van der Waals surface area contributed by atoms with Gasteiger partial charge in [-0.05, 0) is 31.2 Å². The maximum atomic E-state index is 12.4. The lowest BCUT2D eigenvalue weighted by molar-refractivity contribution is -0.153. The number of esters is 1. The fraction of sp³-hybridized carbons (Fsp3) is 0.235. The van der Waals surface area contributed by atoms with E-state index in [0.717, 1.165) is 0 Å². The van der Waals surface area contributed by atoms with Gasteiger partial charge < -0.3 is 18.6 Å². The van der Waals surface area contributed by atoms with E-state index in [1.165, 1.54) is 35.1 Å². The topological polar surface area (TPSA) is 75.0 Å². The Balaban J connectivity index is 1.81. The lowest BCUT2D eigenvalue weighted by atomic mass is 10.4. The van der Waals surface area contributed by atoms with E-state index in [4.69, 9.17) is 14.2 Å². The molecule has 0 spiro atoms. The van der Waals surface area contributed by atoms with Crippen molar-refractivity contribution in [3.63, 3.8) is 0 Å². The number of halogens is 3. The summed E-state index contributed by atoms with van der Waals surface area (Å²) >= 11 is 0. The van der Waals surface area contributed by atoms with E-state index in [1.54, 1.807) is 19.1 Å². The number of ether oxygens (including phenoxy) is 3. The normalized spacial score (nSPS) is 11.4. The maximum Gasteiger partial charge on any atom is 0.422 e. The van der Waals surface area contributed by atoms with E-state index in [9.17, 15) is 18.0 Å². The van der Waals surface area contributed by atoms with Crippen LogP contribution in [-0.2, 0) is 4.74 Å². The molecule has 3 rings (SSSR count). The Morgan fingerprint density at radius 1 is 1.22 bits per heavy atom. The van der Waals surface area contributed by atoms with Crippen LogP contribution in [0.4, 0.5) is 13.2 Å². The highest BCUT2D eigenvalue weighted by atomic mass is 19.4. The molecule has 142 valence electrons. The Morgan fingerprint density at radius 3 is 2.78 bits per heavy atom. The standard InChI is InChI=1S/C17H14F3N3O4/c1-2-25-16(24)12-9-23-8-11(5-6-14(23)22-12)27-15-13(4-3-7-21-15)26-10-17(18,19)20/h3-9H,2,10H2,1H3. The Bertz CT molecular complexity index is 956. The lowest BCUT2D eigenvalue weighted by Gasteiger charge is -2.12. The first kappa shape index (κ1) is 18.5. The minimum Gasteiger partial charge on any atom is -0.478 e. The molecule has 0 bridgehead atoms. The van der Waals surface area contributed by atoms with Crippen LogP contribution in [-0.4, -0.2) is 39.7 Å². The number of fused-ring (bicyclic) bond motifs is 1. The fourth-order valence-corrected chi connectivity index (χ4v) is 2.17. The Kier molecular flexibility index (Phi) is 5.15. The SMILES string of the molecule is CCOC(=O)c1cn2cc(Oc3ncccc3OCC(F)(F)F)ccc2n1. The first-order valence-corrected chi connectivity index (χ1v) is 7.84. The van der Waals surface area contributed by atoms with Gasteiger partial charge >= 0.3 is 12.1 Å². The van der Waals surface area contributed by atoms with Crippen molar-refractivity contribution in [1.82, 2.24) is 14.4 Å².